The van der Waals surface area contributed by atoms with E-state index in [0.717, 1.165) is 0 Å². The van der Waals surface area contributed by atoms with E-state index in [4.69, 9.17) is 16.7 Å². The van der Waals surface area contributed by atoms with E-state index in [-0.39, 0.29) is 16.4 Å². The van der Waals surface area contributed by atoms with Crippen LogP contribution in [0.5, 0.6) is 0 Å². The van der Waals surface area contributed by atoms with Gasteiger partial charge >= 0.3 is 5.97 Å². The first-order valence-electron chi connectivity index (χ1n) is 5.62. The molecular formula is C13H10ClN3O3. The Morgan fingerprint density at radius 1 is 1.20 bits per heavy atom. The Morgan fingerprint density at radius 3 is 2.50 bits per heavy atom. The fraction of sp³-hybridized carbons (Fsp3) is 0.0769. The summed E-state index contributed by atoms with van der Waals surface area (Å²) >= 11 is 5.58. The van der Waals surface area contributed by atoms with E-state index in [1.165, 1.54) is 24.3 Å². The molecule has 6 nitrogen and oxygen atoms in total. The van der Waals surface area contributed by atoms with Crippen molar-refractivity contribution in [3.63, 3.8) is 0 Å². The van der Waals surface area contributed by atoms with E-state index in [0.29, 0.717) is 11.3 Å². The molecule has 1 amide bonds. The zero-order chi connectivity index (χ0) is 14.7. The van der Waals surface area contributed by atoms with Crippen LogP contribution in [-0.4, -0.2) is 27.2 Å². The van der Waals surface area contributed by atoms with Crippen LogP contribution < -0.4 is 5.32 Å². The van der Waals surface area contributed by atoms with Gasteiger partial charge in [-0.25, -0.2) is 4.79 Å². The maximum Gasteiger partial charge on any atom is 0.335 e. The van der Waals surface area contributed by atoms with Crippen LogP contribution in [0.15, 0.2) is 30.3 Å². The highest BCUT2D eigenvalue weighted by molar-refractivity contribution is 6.29. The van der Waals surface area contributed by atoms with Crippen molar-refractivity contribution in [3.05, 3.63) is 52.3 Å². The summed E-state index contributed by atoms with van der Waals surface area (Å²) in [6.07, 6.45) is 0. The minimum atomic E-state index is -1.01. The molecule has 0 saturated carbocycles. The van der Waals surface area contributed by atoms with Crippen LogP contribution in [0, 0.1) is 6.92 Å². The second-order valence-corrected chi connectivity index (χ2v) is 4.42. The number of hydrogen-bond donors (Lipinski definition) is 2. The van der Waals surface area contributed by atoms with Gasteiger partial charge < -0.3 is 10.4 Å². The van der Waals surface area contributed by atoms with Gasteiger partial charge in [-0.1, -0.05) is 11.6 Å². The third kappa shape index (κ3) is 3.10. The van der Waals surface area contributed by atoms with Gasteiger partial charge in [0.05, 0.1) is 5.56 Å². The molecule has 0 radical (unpaired) electrons. The summed E-state index contributed by atoms with van der Waals surface area (Å²) in [5.41, 5.74) is 1.34. The SMILES string of the molecule is Cc1cc(NC(=O)c2ccc(Cl)nn2)ccc1C(=O)O. The summed E-state index contributed by atoms with van der Waals surface area (Å²) in [6.45, 7) is 1.65. The lowest BCUT2D eigenvalue weighted by Gasteiger charge is -2.07. The first-order chi connectivity index (χ1) is 9.47. The number of benzene rings is 1. The number of anilines is 1. The van der Waals surface area contributed by atoms with Crippen LogP contribution in [0.1, 0.15) is 26.4 Å². The Labute approximate surface area is 119 Å². The zero-order valence-corrected chi connectivity index (χ0v) is 11.2. The van der Waals surface area contributed by atoms with Gasteiger partial charge in [0.2, 0.25) is 0 Å². The van der Waals surface area contributed by atoms with Crippen LogP contribution in [0.3, 0.4) is 0 Å². The average Bonchev–Trinajstić information content (AvgIpc) is 2.39. The van der Waals surface area contributed by atoms with E-state index in [2.05, 4.69) is 15.5 Å². The van der Waals surface area contributed by atoms with Crippen molar-refractivity contribution in [1.82, 2.24) is 10.2 Å². The van der Waals surface area contributed by atoms with Crippen LogP contribution in [0.2, 0.25) is 5.15 Å². The predicted molar refractivity (Wildman–Crippen MR) is 73.1 cm³/mol. The number of aromatic carboxylic acids is 1. The van der Waals surface area contributed by atoms with Gasteiger partial charge in [-0.3, -0.25) is 4.79 Å². The van der Waals surface area contributed by atoms with E-state index in [1.807, 2.05) is 0 Å². The fourth-order valence-electron chi connectivity index (χ4n) is 1.61. The number of carbonyl (C=O) groups excluding carboxylic acids is 1. The number of carbonyl (C=O) groups is 2. The zero-order valence-electron chi connectivity index (χ0n) is 10.4. The van der Waals surface area contributed by atoms with Crippen LogP contribution in [0.4, 0.5) is 5.69 Å². The van der Waals surface area contributed by atoms with E-state index < -0.39 is 11.9 Å². The lowest BCUT2D eigenvalue weighted by atomic mass is 10.1. The first kappa shape index (κ1) is 14.0. The maximum absolute atomic E-state index is 11.9. The monoisotopic (exact) mass is 291 g/mol. The molecule has 2 aromatic rings. The number of aryl methyl sites for hydroxylation is 1. The number of amides is 1. The number of carboxylic acid groups (broad SMARTS) is 1. The van der Waals surface area contributed by atoms with E-state index in [1.54, 1.807) is 13.0 Å². The van der Waals surface area contributed by atoms with Gasteiger partial charge in [0.15, 0.2) is 10.8 Å². The van der Waals surface area contributed by atoms with E-state index in [9.17, 15) is 9.59 Å². The lowest BCUT2D eigenvalue weighted by molar-refractivity contribution is 0.0696. The Balaban J connectivity index is 2.18. The molecule has 0 aliphatic heterocycles. The molecule has 0 spiro atoms. The third-order valence-corrected chi connectivity index (χ3v) is 2.78. The largest absolute Gasteiger partial charge is 0.478 e. The summed E-state index contributed by atoms with van der Waals surface area (Å²) in [5.74, 6) is -1.46. The predicted octanol–water partition coefficient (Wildman–Crippen LogP) is 2.39. The number of nitrogens with one attached hydrogen (secondary N) is 1. The van der Waals surface area contributed by atoms with Gasteiger partial charge in [-0.05, 0) is 42.8 Å². The highest BCUT2D eigenvalue weighted by Crippen LogP contribution is 2.16. The van der Waals surface area contributed by atoms with Gasteiger partial charge in [0, 0.05) is 5.69 Å². The minimum absolute atomic E-state index is 0.120. The standard InChI is InChI=1S/C13H10ClN3O3/c1-7-6-8(2-3-9(7)13(19)20)15-12(18)10-4-5-11(14)17-16-10/h2-6H,1H3,(H,15,18)(H,19,20). The van der Waals surface area contributed by atoms with Crippen LogP contribution in [-0.2, 0) is 0 Å². The number of nitrogens with zero attached hydrogens (tertiary/aromatic N) is 2. The van der Waals surface area contributed by atoms with Crippen molar-refractivity contribution >= 4 is 29.2 Å². The summed E-state index contributed by atoms with van der Waals surface area (Å²) in [4.78, 5) is 22.8. The molecule has 0 saturated heterocycles. The Kier molecular flexibility index (Phi) is 3.95. The molecule has 0 aliphatic rings. The van der Waals surface area contributed by atoms with Crippen LogP contribution >= 0.6 is 11.6 Å². The van der Waals surface area contributed by atoms with E-state index >= 15 is 0 Å². The van der Waals surface area contributed by atoms with Gasteiger partial charge in [-0.2, -0.15) is 0 Å². The summed E-state index contributed by atoms with van der Waals surface area (Å²) in [5, 5.41) is 19.0. The van der Waals surface area contributed by atoms with Gasteiger partial charge in [0.1, 0.15) is 0 Å². The normalized spacial score (nSPS) is 10.1. The molecule has 2 rings (SSSR count). The number of halogens is 1. The van der Waals surface area contributed by atoms with Crippen molar-refractivity contribution in [2.24, 2.45) is 0 Å². The number of rotatable bonds is 3. The molecule has 0 unspecified atom stereocenters. The first-order valence-corrected chi connectivity index (χ1v) is 5.99. The molecule has 1 heterocycles. The maximum atomic E-state index is 11.9. The number of aromatic nitrogens is 2. The highest BCUT2D eigenvalue weighted by Gasteiger charge is 2.11. The molecule has 1 aromatic heterocycles. The van der Waals surface area contributed by atoms with Crippen LogP contribution in [0.25, 0.3) is 0 Å². The second kappa shape index (κ2) is 5.66. The molecular weight excluding hydrogens is 282 g/mol. The quantitative estimate of drug-likeness (QED) is 0.906. The van der Waals surface area contributed by atoms with Crippen molar-refractivity contribution in [2.45, 2.75) is 6.92 Å². The smallest absolute Gasteiger partial charge is 0.335 e. The van der Waals surface area contributed by atoms with Crippen molar-refractivity contribution in [3.8, 4) is 0 Å². The highest BCUT2D eigenvalue weighted by atomic mass is 35.5. The molecule has 0 fully saturated rings. The fourth-order valence-corrected chi connectivity index (χ4v) is 1.71. The van der Waals surface area contributed by atoms with Gasteiger partial charge in [0.25, 0.3) is 5.91 Å². The summed E-state index contributed by atoms with van der Waals surface area (Å²) in [7, 11) is 0. The summed E-state index contributed by atoms with van der Waals surface area (Å²) < 4.78 is 0. The third-order valence-electron chi connectivity index (χ3n) is 2.58. The molecule has 7 heteroatoms. The molecule has 0 aliphatic carbocycles. The molecule has 2 N–H and O–H groups in total. The Morgan fingerprint density at radius 2 is 1.95 bits per heavy atom. The molecule has 1 aromatic carbocycles. The molecule has 20 heavy (non-hydrogen) atoms. The lowest BCUT2D eigenvalue weighted by Crippen LogP contribution is -2.14. The average molecular weight is 292 g/mol. The van der Waals surface area contributed by atoms with Gasteiger partial charge in [-0.15, -0.1) is 10.2 Å². The van der Waals surface area contributed by atoms with Crippen molar-refractivity contribution in [1.29, 1.82) is 0 Å². The Hall–Kier alpha value is -2.47. The molecule has 0 bridgehead atoms. The van der Waals surface area contributed by atoms with Crippen molar-refractivity contribution in [2.75, 3.05) is 5.32 Å². The topological polar surface area (TPSA) is 92.2 Å². The minimum Gasteiger partial charge on any atom is -0.478 e. The summed E-state index contributed by atoms with van der Waals surface area (Å²) in [6, 6.07) is 7.43. The second-order valence-electron chi connectivity index (χ2n) is 4.03. The Bertz CT molecular complexity index is 671. The molecule has 0 atom stereocenters. The molecule has 102 valence electrons. The van der Waals surface area contributed by atoms with Crippen molar-refractivity contribution < 1.29 is 14.7 Å². The number of hydrogen-bond acceptors (Lipinski definition) is 4. The number of carboxylic acids is 1.